The minimum atomic E-state index is -0.351. The molecule has 0 saturated carbocycles. The maximum Gasteiger partial charge on any atom is 0.242 e. The highest BCUT2D eigenvalue weighted by atomic mass is 16.2. The third-order valence-corrected chi connectivity index (χ3v) is 3.15. The van der Waals surface area contributed by atoms with Gasteiger partial charge in [-0.05, 0) is 12.6 Å². The van der Waals surface area contributed by atoms with E-state index < -0.39 is 0 Å². The summed E-state index contributed by atoms with van der Waals surface area (Å²) >= 11 is 0. The largest absolute Gasteiger partial charge is 0.359 e. The molecule has 1 aromatic rings. The summed E-state index contributed by atoms with van der Waals surface area (Å²) in [5.74, 6) is 4.65. The zero-order valence-corrected chi connectivity index (χ0v) is 11.9. The van der Waals surface area contributed by atoms with Crippen molar-refractivity contribution in [3.05, 3.63) is 35.9 Å². The summed E-state index contributed by atoms with van der Waals surface area (Å²) in [6, 6.07) is 9.46. The van der Waals surface area contributed by atoms with Gasteiger partial charge in [0, 0.05) is 26.6 Å². The lowest BCUT2D eigenvalue weighted by Crippen LogP contribution is -2.40. The number of rotatable bonds is 7. The van der Waals surface area contributed by atoms with Gasteiger partial charge >= 0.3 is 0 Å². The van der Waals surface area contributed by atoms with Crippen LogP contribution in [-0.2, 0) is 9.59 Å². The number of amides is 2. The van der Waals surface area contributed by atoms with Crippen molar-refractivity contribution in [3.63, 3.8) is 0 Å². The van der Waals surface area contributed by atoms with Crippen molar-refractivity contribution in [2.75, 3.05) is 27.2 Å². The van der Waals surface area contributed by atoms with Gasteiger partial charge in [-0.25, -0.2) is 5.84 Å². The zero-order chi connectivity index (χ0) is 15.0. The Morgan fingerprint density at radius 2 is 1.95 bits per heavy atom. The van der Waals surface area contributed by atoms with Gasteiger partial charge in [-0.15, -0.1) is 0 Å². The molecule has 0 radical (unpaired) electrons. The van der Waals surface area contributed by atoms with Crippen molar-refractivity contribution in [1.82, 2.24) is 15.6 Å². The molecule has 1 atom stereocenters. The fourth-order valence-electron chi connectivity index (χ4n) is 1.95. The molecule has 6 heteroatoms. The Morgan fingerprint density at radius 3 is 2.50 bits per heavy atom. The minimum absolute atomic E-state index is 0.0172. The molecule has 0 heterocycles. The predicted molar refractivity (Wildman–Crippen MR) is 77.7 cm³/mol. The van der Waals surface area contributed by atoms with Gasteiger partial charge in [-0.1, -0.05) is 30.3 Å². The van der Waals surface area contributed by atoms with Crippen LogP contribution in [0.4, 0.5) is 0 Å². The average molecular weight is 278 g/mol. The molecule has 0 saturated heterocycles. The Bertz CT molecular complexity index is 436. The molecule has 0 aromatic heterocycles. The van der Waals surface area contributed by atoms with Crippen molar-refractivity contribution in [2.45, 2.75) is 12.3 Å². The van der Waals surface area contributed by atoms with Crippen LogP contribution < -0.4 is 16.6 Å². The summed E-state index contributed by atoms with van der Waals surface area (Å²) in [4.78, 5) is 25.1. The normalized spacial score (nSPS) is 12.0. The van der Waals surface area contributed by atoms with E-state index in [1.54, 1.807) is 7.05 Å². The average Bonchev–Trinajstić information content (AvgIpc) is 2.50. The van der Waals surface area contributed by atoms with Gasteiger partial charge in [0.2, 0.25) is 11.8 Å². The van der Waals surface area contributed by atoms with E-state index in [-0.39, 0.29) is 17.7 Å². The lowest BCUT2D eigenvalue weighted by molar-refractivity contribution is -0.123. The number of hydrogen-bond donors (Lipinski definition) is 3. The first kappa shape index (κ1) is 16.1. The molecule has 1 rings (SSSR count). The fraction of sp³-hybridized carbons (Fsp3) is 0.429. The van der Waals surface area contributed by atoms with Crippen LogP contribution in [0.5, 0.6) is 0 Å². The first-order valence-corrected chi connectivity index (χ1v) is 6.53. The van der Waals surface area contributed by atoms with Crippen LogP contribution in [-0.4, -0.2) is 43.9 Å². The van der Waals surface area contributed by atoms with E-state index in [4.69, 9.17) is 5.84 Å². The Kier molecular flexibility index (Phi) is 6.69. The molecule has 2 amide bonds. The lowest BCUT2D eigenvalue weighted by Gasteiger charge is -2.23. The number of carbonyl (C=O) groups excluding carboxylic acids is 2. The Balaban J connectivity index is 2.66. The smallest absolute Gasteiger partial charge is 0.242 e. The van der Waals surface area contributed by atoms with E-state index in [9.17, 15) is 9.59 Å². The van der Waals surface area contributed by atoms with Crippen molar-refractivity contribution < 1.29 is 9.59 Å². The van der Waals surface area contributed by atoms with E-state index in [0.29, 0.717) is 19.5 Å². The summed E-state index contributed by atoms with van der Waals surface area (Å²) in [6.07, 6.45) is 0.402. The Hall–Kier alpha value is -1.92. The zero-order valence-electron chi connectivity index (χ0n) is 11.9. The van der Waals surface area contributed by atoms with E-state index >= 15 is 0 Å². The second-order valence-corrected chi connectivity index (χ2v) is 4.66. The maximum atomic E-state index is 11.9. The number of hydrogen-bond acceptors (Lipinski definition) is 4. The maximum absolute atomic E-state index is 11.9. The molecule has 0 spiro atoms. The van der Waals surface area contributed by atoms with E-state index in [2.05, 4.69) is 10.7 Å². The fourth-order valence-corrected chi connectivity index (χ4v) is 1.95. The molecule has 0 bridgehead atoms. The summed E-state index contributed by atoms with van der Waals surface area (Å²) < 4.78 is 0. The van der Waals surface area contributed by atoms with Crippen molar-refractivity contribution in [2.24, 2.45) is 5.84 Å². The third kappa shape index (κ3) is 4.99. The van der Waals surface area contributed by atoms with Gasteiger partial charge in [0.25, 0.3) is 0 Å². The van der Waals surface area contributed by atoms with Crippen LogP contribution >= 0.6 is 0 Å². The van der Waals surface area contributed by atoms with Gasteiger partial charge in [0.15, 0.2) is 0 Å². The van der Waals surface area contributed by atoms with Gasteiger partial charge in [0.05, 0.1) is 5.92 Å². The van der Waals surface area contributed by atoms with Crippen molar-refractivity contribution in [3.8, 4) is 0 Å². The molecule has 0 aliphatic carbocycles. The summed E-state index contributed by atoms with van der Waals surface area (Å²) in [7, 11) is 3.49. The number of nitrogens with two attached hydrogens (primary N) is 1. The van der Waals surface area contributed by atoms with Gasteiger partial charge in [-0.3, -0.25) is 15.0 Å². The molecule has 4 N–H and O–H groups in total. The van der Waals surface area contributed by atoms with Crippen molar-refractivity contribution >= 4 is 11.8 Å². The molecule has 6 nitrogen and oxygen atoms in total. The number of carbonyl (C=O) groups is 2. The molecule has 110 valence electrons. The van der Waals surface area contributed by atoms with Crippen molar-refractivity contribution in [1.29, 1.82) is 0 Å². The molecule has 1 aromatic carbocycles. The second kappa shape index (κ2) is 8.29. The minimum Gasteiger partial charge on any atom is -0.359 e. The van der Waals surface area contributed by atoms with Gasteiger partial charge < -0.3 is 10.2 Å². The topological polar surface area (TPSA) is 87.5 Å². The highest BCUT2D eigenvalue weighted by molar-refractivity contribution is 5.83. The highest BCUT2D eigenvalue weighted by Crippen LogP contribution is 2.16. The van der Waals surface area contributed by atoms with Crippen LogP contribution in [0.3, 0.4) is 0 Å². The molecule has 1 unspecified atom stereocenters. The molecule has 20 heavy (non-hydrogen) atoms. The second-order valence-electron chi connectivity index (χ2n) is 4.66. The monoisotopic (exact) mass is 278 g/mol. The summed E-state index contributed by atoms with van der Waals surface area (Å²) in [5.41, 5.74) is 3.10. The van der Waals surface area contributed by atoms with E-state index in [0.717, 1.165) is 5.56 Å². The van der Waals surface area contributed by atoms with Gasteiger partial charge in [0.1, 0.15) is 0 Å². The standard InChI is InChI=1S/C14H22N4O2/c1-16-13(19)8-9-18(2)10-12(14(20)17-15)11-6-4-3-5-7-11/h3-7,12H,8-10,15H2,1-2H3,(H,16,19)(H,17,20). The molecule has 0 fully saturated rings. The number of nitrogens with zero attached hydrogens (tertiary/aromatic N) is 1. The summed E-state index contributed by atoms with van der Waals surface area (Å²) in [5, 5.41) is 2.57. The third-order valence-electron chi connectivity index (χ3n) is 3.15. The van der Waals surface area contributed by atoms with Crippen LogP contribution in [0, 0.1) is 0 Å². The molecular weight excluding hydrogens is 256 g/mol. The first-order valence-electron chi connectivity index (χ1n) is 6.53. The number of hydrazine groups is 1. The SMILES string of the molecule is CNC(=O)CCN(C)CC(C(=O)NN)c1ccccc1. The highest BCUT2D eigenvalue weighted by Gasteiger charge is 2.21. The van der Waals surface area contributed by atoms with Crippen LogP contribution in [0.25, 0.3) is 0 Å². The summed E-state index contributed by atoms with van der Waals surface area (Å²) in [6.45, 7) is 1.09. The van der Waals surface area contributed by atoms with E-state index in [1.165, 1.54) is 0 Å². The predicted octanol–water partition coefficient (Wildman–Crippen LogP) is -0.172. The van der Waals surface area contributed by atoms with E-state index in [1.807, 2.05) is 42.3 Å². The molecular formula is C14H22N4O2. The molecule has 0 aliphatic rings. The number of benzene rings is 1. The van der Waals surface area contributed by atoms with Crippen LogP contribution in [0.1, 0.15) is 17.9 Å². The number of nitrogens with one attached hydrogen (secondary N) is 2. The van der Waals surface area contributed by atoms with Crippen LogP contribution in [0.15, 0.2) is 30.3 Å². The quantitative estimate of drug-likeness (QED) is 0.367. The lowest BCUT2D eigenvalue weighted by atomic mass is 9.98. The Labute approximate surface area is 119 Å². The van der Waals surface area contributed by atoms with Gasteiger partial charge in [-0.2, -0.15) is 0 Å². The molecule has 0 aliphatic heterocycles. The van der Waals surface area contributed by atoms with Crippen LogP contribution in [0.2, 0.25) is 0 Å². The number of likely N-dealkylation sites (N-methyl/N-ethyl adjacent to an activating group) is 1. The first-order chi connectivity index (χ1) is 9.58. The Morgan fingerprint density at radius 1 is 1.30 bits per heavy atom.